The number of halogens is 1. The van der Waals surface area contributed by atoms with E-state index in [1.54, 1.807) is 12.3 Å². The van der Waals surface area contributed by atoms with Gasteiger partial charge in [0.1, 0.15) is 22.2 Å². The summed E-state index contributed by atoms with van der Waals surface area (Å²) in [5, 5.41) is 8.59. The minimum absolute atomic E-state index is 0.328. The summed E-state index contributed by atoms with van der Waals surface area (Å²) >= 11 is 1.41. The highest BCUT2D eigenvalue weighted by Crippen LogP contribution is 2.35. The molecule has 0 unspecified atom stereocenters. The van der Waals surface area contributed by atoms with Gasteiger partial charge in [-0.05, 0) is 44.1 Å². The largest absolute Gasteiger partial charge is 0.383 e. The second kappa shape index (κ2) is 6.96. The number of nitrogens with one attached hydrogen (secondary N) is 1. The van der Waals surface area contributed by atoms with Gasteiger partial charge in [0, 0.05) is 23.5 Å². The van der Waals surface area contributed by atoms with Crippen molar-refractivity contribution in [3.8, 4) is 21.7 Å². The van der Waals surface area contributed by atoms with Gasteiger partial charge in [0.25, 0.3) is 0 Å². The lowest BCUT2D eigenvalue weighted by molar-refractivity contribution is 0.343. The first-order valence-corrected chi connectivity index (χ1v) is 10.1. The van der Waals surface area contributed by atoms with Gasteiger partial charge in [-0.15, -0.1) is 11.3 Å². The van der Waals surface area contributed by atoms with Crippen molar-refractivity contribution in [1.29, 1.82) is 0 Å². The fourth-order valence-electron chi connectivity index (χ4n) is 3.59. The molecule has 0 spiro atoms. The number of para-hydroxylation sites is 1. The molecular weight excluding hydrogens is 375 g/mol. The number of aromatic nitrogens is 4. The maximum absolute atomic E-state index is 14.0. The van der Waals surface area contributed by atoms with Gasteiger partial charge in [0.05, 0.1) is 22.5 Å². The van der Waals surface area contributed by atoms with Crippen LogP contribution in [0.15, 0.2) is 42.9 Å². The Morgan fingerprint density at radius 2 is 2.04 bits per heavy atom. The number of nitrogen functional groups attached to an aromatic ring is 1. The van der Waals surface area contributed by atoms with E-state index in [1.807, 2.05) is 23.0 Å². The molecule has 3 N–H and O–H groups in total. The molecule has 1 saturated heterocycles. The summed E-state index contributed by atoms with van der Waals surface area (Å²) in [5.41, 5.74) is 9.10. The van der Waals surface area contributed by atoms with Crippen molar-refractivity contribution in [3.63, 3.8) is 0 Å². The third kappa shape index (κ3) is 3.04. The lowest BCUT2D eigenvalue weighted by atomic mass is 10.1. The minimum Gasteiger partial charge on any atom is -0.383 e. The number of pyridine rings is 1. The van der Waals surface area contributed by atoms with Crippen LogP contribution in [0.5, 0.6) is 0 Å². The topological polar surface area (TPSA) is 81.6 Å². The van der Waals surface area contributed by atoms with Gasteiger partial charge in [-0.3, -0.25) is 4.68 Å². The number of piperidine rings is 1. The molecule has 0 radical (unpaired) electrons. The number of nitrogens with zero attached hydrogens (tertiary/aromatic N) is 4. The van der Waals surface area contributed by atoms with Gasteiger partial charge in [0.15, 0.2) is 0 Å². The predicted octanol–water partition coefficient (Wildman–Crippen LogP) is 3.87. The average Bonchev–Trinajstić information content (AvgIpc) is 3.37. The molecule has 0 amide bonds. The van der Waals surface area contributed by atoms with Crippen LogP contribution >= 0.6 is 11.3 Å². The molecule has 4 aromatic rings. The van der Waals surface area contributed by atoms with E-state index in [4.69, 9.17) is 5.73 Å². The second-order valence-electron chi connectivity index (χ2n) is 6.95. The molecule has 0 bridgehead atoms. The Bertz CT molecular complexity index is 1140. The zero-order valence-electron chi connectivity index (χ0n) is 15.1. The standard InChI is InChI=1S/C20H19FN6S/c21-16-2-1-3-17-18(16)26-20(28-17)15-8-12(9-24-19(15)22)13-10-25-27(11-13)14-4-6-23-7-5-14/h1-3,8-11,14,23H,4-7H2,(H2,22,24). The van der Waals surface area contributed by atoms with Crippen molar-refractivity contribution in [3.05, 3.63) is 48.7 Å². The first-order chi connectivity index (χ1) is 13.7. The third-order valence-electron chi connectivity index (χ3n) is 5.14. The molecule has 3 aromatic heterocycles. The summed E-state index contributed by atoms with van der Waals surface area (Å²) in [5.74, 6) is 0.0555. The van der Waals surface area contributed by atoms with Crippen LogP contribution in [0.1, 0.15) is 18.9 Å². The molecule has 6 nitrogen and oxygen atoms in total. The van der Waals surface area contributed by atoms with Gasteiger partial charge in [-0.1, -0.05) is 6.07 Å². The highest BCUT2D eigenvalue weighted by atomic mass is 32.1. The quantitative estimate of drug-likeness (QED) is 0.551. The normalized spacial score (nSPS) is 15.3. The lowest BCUT2D eigenvalue weighted by Gasteiger charge is -2.22. The molecule has 1 aliphatic heterocycles. The zero-order valence-corrected chi connectivity index (χ0v) is 15.9. The van der Waals surface area contributed by atoms with Crippen molar-refractivity contribution in [1.82, 2.24) is 25.1 Å². The molecule has 1 aromatic carbocycles. The molecule has 5 rings (SSSR count). The zero-order chi connectivity index (χ0) is 19.1. The van der Waals surface area contributed by atoms with E-state index in [0.29, 0.717) is 27.9 Å². The first-order valence-electron chi connectivity index (χ1n) is 9.25. The molecular formula is C20H19FN6S. The number of nitrogens with two attached hydrogens (primary N) is 1. The van der Waals surface area contributed by atoms with Crippen LogP contribution in [0.4, 0.5) is 10.2 Å². The Labute approximate surface area is 165 Å². The maximum atomic E-state index is 14.0. The summed E-state index contributed by atoms with van der Waals surface area (Å²) in [6.07, 6.45) is 7.81. The Hall–Kier alpha value is -2.84. The molecule has 0 aliphatic carbocycles. The van der Waals surface area contributed by atoms with Crippen LogP contribution in [0.3, 0.4) is 0 Å². The Kier molecular flexibility index (Phi) is 4.29. The van der Waals surface area contributed by atoms with Gasteiger partial charge < -0.3 is 11.1 Å². The van der Waals surface area contributed by atoms with Gasteiger partial charge >= 0.3 is 0 Å². The minimum atomic E-state index is -0.328. The van der Waals surface area contributed by atoms with Crippen LogP contribution in [-0.4, -0.2) is 32.8 Å². The molecule has 1 fully saturated rings. The first kappa shape index (κ1) is 17.3. The molecule has 1 aliphatic rings. The van der Waals surface area contributed by atoms with Gasteiger partial charge in [0.2, 0.25) is 0 Å². The number of rotatable bonds is 3. The van der Waals surface area contributed by atoms with Crippen LogP contribution in [0.25, 0.3) is 31.9 Å². The fourth-order valence-corrected chi connectivity index (χ4v) is 4.60. The number of hydrogen-bond acceptors (Lipinski definition) is 6. The fraction of sp³-hybridized carbons (Fsp3) is 0.250. The van der Waals surface area contributed by atoms with Crippen LogP contribution in [0, 0.1) is 5.82 Å². The monoisotopic (exact) mass is 394 g/mol. The molecule has 0 saturated carbocycles. The van der Waals surface area contributed by atoms with E-state index in [9.17, 15) is 4.39 Å². The SMILES string of the molecule is Nc1ncc(-c2cnn(C3CCNCC3)c2)cc1-c1nc2c(F)cccc2s1. The van der Waals surface area contributed by atoms with E-state index >= 15 is 0 Å². The second-order valence-corrected chi connectivity index (χ2v) is 7.98. The summed E-state index contributed by atoms with van der Waals surface area (Å²) in [6, 6.07) is 7.34. The Morgan fingerprint density at radius 3 is 2.86 bits per heavy atom. The molecule has 0 atom stereocenters. The van der Waals surface area contributed by atoms with Crippen molar-refractivity contribution in [2.45, 2.75) is 18.9 Å². The summed E-state index contributed by atoms with van der Waals surface area (Å²) in [4.78, 5) is 8.80. The number of thiazole rings is 1. The van der Waals surface area contributed by atoms with E-state index in [1.165, 1.54) is 17.4 Å². The molecule has 4 heterocycles. The molecule has 142 valence electrons. The summed E-state index contributed by atoms with van der Waals surface area (Å²) in [6.45, 7) is 2.03. The van der Waals surface area contributed by atoms with E-state index in [2.05, 4.69) is 26.6 Å². The number of benzene rings is 1. The van der Waals surface area contributed by atoms with Crippen molar-refractivity contribution < 1.29 is 4.39 Å². The highest BCUT2D eigenvalue weighted by molar-refractivity contribution is 7.21. The Balaban J connectivity index is 1.52. The number of anilines is 1. The third-order valence-corrected chi connectivity index (χ3v) is 6.19. The highest BCUT2D eigenvalue weighted by Gasteiger charge is 2.18. The number of fused-ring (bicyclic) bond motifs is 1. The Morgan fingerprint density at radius 1 is 1.18 bits per heavy atom. The van der Waals surface area contributed by atoms with Gasteiger partial charge in [-0.25, -0.2) is 14.4 Å². The lowest BCUT2D eigenvalue weighted by Crippen LogP contribution is -2.29. The van der Waals surface area contributed by atoms with E-state index in [0.717, 1.165) is 41.8 Å². The number of hydrogen-bond donors (Lipinski definition) is 2. The maximum Gasteiger partial charge on any atom is 0.150 e. The average molecular weight is 394 g/mol. The van der Waals surface area contributed by atoms with Crippen LogP contribution in [-0.2, 0) is 0 Å². The molecule has 8 heteroatoms. The van der Waals surface area contributed by atoms with Crippen molar-refractivity contribution in [2.24, 2.45) is 0 Å². The predicted molar refractivity (Wildman–Crippen MR) is 110 cm³/mol. The van der Waals surface area contributed by atoms with Gasteiger partial charge in [-0.2, -0.15) is 5.10 Å². The molecule has 28 heavy (non-hydrogen) atoms. The van der Waals surface area contributed by atoms with Crippen LogP contribution in [0.2, 0.25) is 0 Å². The van der Waals surface area contributed by atoms with Crippen LogP contribution < -0.4 is 11.1 Å². The van der Waals surface area contributed by atoms with E-state index < -0.39 is 0 Å². The summed E-state index contributed by atoms with van der Waals surface area (Å²) < 4.78 is 16.9. The smallest absolute Gasteiger partial charge is 0.150 e. The van der Waals surface area contributed by atoms with Crippen molar-refractivity contribution >= 4 is 27.4 Å². The summed E-state index contributed by atoms with van der Waals surface area (Å²) in [7, 11) is 0. The van der Waals surface area contributed by atoms with E-state index in [-0.39, 0.29) is 5.82 Å². The van der Waals surface area contributed by atoms with Crippen molar-refractivity contribution in [2.75, 3.05) is 18.8 Å².